The maximum atomic E-state index is 13.3. The number of esters is 1. The van der Waals surface area contributed by atoms with E-state index < -0.39 is 23.5 Å². The van der Waals surface area contributed by atoms with Crippen LogP contribution in [-0.4, -0.2) is 12.6 Å². The molecular formula is C23H20F2N2O4. The van der Waals surface area contributed by atoms with Gasteiger partial charge >= 0.3 is 5.97 Å². The summed E-state index contributed by atoms with van der Waals surface area (Å²) < 4.78 is 42.5. The van der Waals surface area contributed by atoms with E-state index in [4.69, 9.17) is 19.9 Å². The number of hydrogen-bond acceptors (Lipinski definition) is 6. The molecule has 0 saturated heterocycles. The van der Waals surface area contributed by atoms with Gasteiger partial charge in [0.2, 0.25) is 5.88 Å². The van der Waals surface area contributed by atoms with Crippen LogP contribution in [0.2, 0.25) is 0 Å². The number of nitrogens with two attached hydrogens (primary N) is 1. The number of benzene rings is 2. The van der Waals surface area contributed by atoms with Gasteiger partial charge in [0, 0.05) is 18.2 Å². The van der Waals surface area contributed by atoms with E-state index >= 15 is 0 Å². The van der Waals surface area contributed by atoms with E-state index in [1.165, 1.54) is 0 Å². The third kappa shape index (κ3) is 4.83. The maximum absolute atomic E-state index is 13.3. The highest BCUT2D eigenvalue weighted by atomic mass is 19.1. The second-order valence-electron chi connectivity index (χ2n) is 6.75. The third-order valence-electron chi connectivity index (χ3n) is 4.66. The fourth-order valence-corrected chi connectivity index (χ4v) is 3.27. The van der Waals surface area contributed by atoms with Crippen molar-refractivity contribution in [3.63, 3.8) is 0 Å². The summed E-state index contributed by atoms with van der Waals surface area (Å²) in [5.41, 5.74) is 7.53. The molecular weight excluding hydrogens is 406 g/mol. The molecule has 0 fully saturated rings. The van der Waals surface area contributed by atoms with E-state index in [-0.39, 0.29) is 41.8 Å². The SMILES string of the molecule is CCOC(=O)C1=C(C)OC(N)=C(C#N)C1c1ccc(COc2cc(F)cc(F)c2)cc1. The lowest BCUT2D eigenvalue weighted by molar-refractivity contribution is -0.139. The summed E-state index contributed by atoms with van der Waals surface area (Å²) >= 11 is 0. The lowest BCUT2D eigenvalue weighted by Gasteiger charge is -2.27. The number of carbonyl (C=O) groups excluding carboxylic acids is 1. The van der Waals surface area contributed by atoms with E-state index in [1.54, 1.807) is 38.1 Å². The summed E-state index contributed by atoms with van der Waals surface area (Å²) in [6.07, 6.45) is 0. The average Bonchev–Trinajstić information content (AvgIpc) is 2.71. The third-order valence-corrected chi connectivity index (χ3v) is 4.66. The molecule has 160 valence electrons. The number of allylic oxidation sites excluding steroid dienone is 2. The highest BCUT2D eigenvalue weighted by molar-refractivity contribution is 5.92. The Morgan fingerprint density at radius 2 is 1.84 bits per heavy atom. The zero-order chi connectivity index (χ0) is 22.5. The molecule has 8 heteroatoms. The van der Waals surface area contributed by atoms with Gasteiger partial charge in [0.25, 0.3) is 0 Å². The van der Waals surface area contributed by atoms with E-state index in [9.17, 15) is 18.8 Å². The standard InChI is InChI=1S/C23H20F2N2O4/c1-3-29-23(28)20-13(2)31-22(27)19(11-26)21(20)15-6-4-14(5-7-15)12-30-18-9-16(24)8-17(25)10-18/h4-10,21H,3,12,27H2,1-2H3. The van der Waals surface area contributed by atoms with Crippen molar-refractivity contribution in [2.45, 2.75) is 26.4 Å². The molecule has 6 nitrogen and oxygen atoms in total. The van der Waals surface area contributed by atoms with Crippen molar-refractivity contribution in [2.75, 3.05) is 6.61 Å². The fourth-order valence-electron chi connectivity index (χ4n) is 3.27. The van der Waals surface area contributed by atoms with Gasteiger partial charge in [-0.25, -0.2) is 13.6 Å². The van der Waals surface area contributed by atoms with E-state index in [0.717, 1.165) is 18.2 Å². The molecule has 0 spiro atoms. The molecule has 1 atom stereocenters. The molecule has 0 saturated carbocycles. The summed E-state index contributed by atoms with van der Waals surface area (Å²) in [7, 11) is 0. The molecule has 2 aromatic carbocycles. The van der Waals surface area contributed by atoms with Crippen molar-refractivity contribution in [3.05, 3.63) is 88.0 Å². The minimum Gasteiger partial charge on any atom is -0.489 e. The average molecular weight is 426 g/mol. The van der Waals surface area contributed by atoms with Crippen LogP contribution in [0.15, 0.2) is 65.3 Å². The first-order valence-electron chi connectivity index (χ1n) is 9.47. The fraction of sp³-hybridized carbons (Fsp3) is 0.217. The lowest BCUT2D eigenvalue weighted by Crippen LogP contribution is -2.25. The van der Waals surface area contributed by atoms with Gasteiger partial charge in [-0.3, -0.25) is 0 Å². The van der Waals surface area contributed by atoms with E-state index in [2.05, 4.69) is 0 Å². The van der Waals surface area contributed by atoms with Gasteiger partial charge < -0.3 is 19.9 Å². The number of nitriles is 1. The summed E-state index contributed by atoms with van der Waals surface area (Å²) in [6, 6.07) is 11.8. The van der Waals surface area contributed by atoms with Crippen molar-refractivity contribution in [1.29, 1.82) is 5.26 Å². The predicted molar refractivity (Wildman–Crippen MR) is 107 cm³/mol. The monoisotopic (exact) mass is 426 g/mol. The first-order chi connectivity index (χ1) is 14.8. The molecule has 31 heavy (non-hydrogen) atoms. The van der Waals surface area contributed by atoms with Crippen LogP contribution in [0.25, 0.3) is 0 Å². The Kier molecular flexibility index (Phi) is 6.55. The highest BCUT2D eigenvalue weighted by Crippen LogP contribution is 2.39. The van der Waals surface area contributed by atoms with Gasteiger partial charge in [-0.1, -0.05) is 24.3 Å². The Balaban J connectivity index is 1.86. The van der Waals surface area contributed by atoms with Crippen molar-refractivity contribution in [1.82, 2.24) is 0 Å². The van der Waals surface area contributed by atoms with Crippen molar-refractivity contribution in [3.8, 4) is 11.8 Å². The van der Waals surface area contributed by atoms with Crippen molar-refractivity contribution < 1.29 is 27.8 Å². The number of nitrogens with zero attached hydrogens (tertiary/aromatic N) is 1. The Hall–Kier alpha value is -3.86. The zero-order valence-electron chi connectivity index (χ0n) is 16.9. The second-order valence-corrected chi connectivity index (χ2v) is 6.75. The number of halogens is 2. The van der Waals surface area contributed by atoms with Gasteiger partial charge in [0.15, 0.2) is 0 Å². The smallest absolute Gasteiger partial charge is 0.338 e. The maximum Gasteiger partial charge on any atom is 0.338 e. The molecule has 0 amide bonds. The number of hydrogen-bond donors (Lipinski definition) is 1. The van der Waals surface area contributed by atoms with E-state index in [0.29, 0.717) is 11.1 Å². The normalized spacial score (nSPS) is 15.9. The van der Waals surface area contributed by atoms with Crippen molar-refractivity contribution >= 4 is 5.97 Å². The highest BCUT2D eigenvalue weighted by Gasteiger charge is 2.36. The van der Waals surface area contributed by atoms with Crippen LogP contribution in [0, 0.1) is 23.0 Å². The van der Waals surface area contributed by atoms with Crippen LogP contribution in [0.3, 0.4) is 0 Å². The number of carbonyl (C=O) groups is 1. The quantitative estimate of drug-likeness (QED) is 0.696. The van der Waals surface area contributed by atoms with Crippen LogP contribution in [-0.2, 0) is 20.9 Å². The summed E-state index contributed by atoms with van der Waals surface area (Å²) in [6.45, 7) is 3.50. The summed E-state index contributed by atoms with van der Waals surface area (Å²) in [4.78, 5) is 12.5. The first kappa shape index (κ1) is 21.8. The molecule has 3 rings (SSSR count). The molecule has 0 bridgehead atoms. The molecule has 2 N–H and O–H groups in total. The Morgan fingerprint density at radius 3 is 2.42 bits per heavy atom. The van der Waals surface area contributed by atoms with Crippen LogP contribution < -0.4 is 10.5 Å². The lowest BCUT2D eigenvalue weighted by atomic mass is 9.83. The molecule has 2 aromatic rings. The van der Waals surface area contributed by atoms with Crippen LogP contribution in [0.1, 0.15) is 30.9 Å². The molecule has 1 aliphatic heterocycles. The molecule has 0 aliphatic carbocycles. The molecule has 1 heterocycles. The molecule has 1 aliphatic rings. The molecule has 0 aromatic heterocycles. The summed E-state index contributed by atoms with van der Waals surface area (Å²) in [5.74, 6) is -2.54. The van der Waals surface area contributed by atoms with E-state index in [1.807, 2.05) is 6.07 Å². The summed E-state index contributed by atoms with van der Waals surface area (Å²) in [5, 5.41) is 9.59. The Morgan fingerprint density at radius 1 is 1.19 bits per heavy atom. The van der Waals surface area contributed by atoms with Crippen LogP contribution in [0.5, 0.6) is 5.75 Å². The topological polar surface area (TPSA) is 94.6 Å². The first-order valence-corrected chi connectivity index (χ1v) is 9.47. The van der Waals surface area contributed by atoms with Gasteiger partial charge in [0.1, 0.15) is 41.4 Å². The largest absolute Gasteiger partial charge is 0.489 e. The number of ether oxygens (including phenoxy) is 3. The predicted octanol–water partition coefficient (Wildman–Crippen LogP) is 4.19. The zero-order valence-corrected chi connectivity index (χ0v) is 16.9. The minimum absolute atomic E-state index is 0.0663. The molecule has 0 radical (unpaired) electrons. The van der Waals surface area contributed by atoms with Gasteiger partial charge in [0.05, 0.1) is 18.1 Å². The van der Waals surface area contributed by atoms with Crippen LogP contribution in [0.4, 0.5) is 8.78 Å². The molecule has 1 unspecified atom stereocenters. The second kappa shape index (κ2) is 9.30. The number of rotatable bonds is 6. The Bertz CT molecular complexity index is 1080. The minimum atomic E-state index is -0.745. The van der Waals surface area contributed by atoms with Gasteiger partial charge in [-0.2, -0.15) is 5.26 Å². The van der Waals surface area contributed by atoms with Crippen molar-refractivity contribution in [2.24, 2.45) is 5.73 Å². The Labute approximate surface area is 178 Å². The van der Waals surface area contributed by atoms with Gasteiger partial charge in [-0.05, 0) is 25.0 Å². The van der Waals surface area contributed by atoms with Crippen LogP contribution >= 0.6 is 0 Å². The van der Waals surface area contributed by atoms with Gasteiger partial charge in [-0.15, -0.1) is 0 Å².